The molecule has 0 saturated heterocycles. The monoisotopic (exact) mass is 510 g/mol. The summed E-state index contributed by atoms with van der Waals surface area (Å²) in [4.78, 5) is 25.3. The lowest BCUT2D eigenvalue weighted by Crippen LogP contribution is -2.07. The Kier molecular flexibility index (Phi) is 8.93. The molecule has 9 heteroatoms. The number of thioether (sulfide) groups is 1. The van der Waals surface area contributed by atoms with E-state index in [9.17, 15) is 9.59 Å². The molecule has 190 valence electrons. The normalized spacial score (nSPS) is 11.4. The van der Waals surface area contributed by atoms with Crippen molar-refractivity contribution < 1.29 is 28.2 Å². The van der Waals surface area contributed by atoms with Gasteiger partial charge in [-0.1, -0.05) is 17.8 Å². The first-order valence-electron chi connectivity index (χ1n) is 11.3. The Hall–Kier alpha value is -3.59. The Bertz CT molecular complexity index is 1240. The second-order valence-corrected chi connectivity index (χ2v) is 8.88. The molecule has 0 unspecified atom stereocenters. The van der Waals surface area contributed by atoms with E-state index in [-0.39, 0.29) is 5.12 Å². The highest BCUT2D eigenvalue weighted by Crippen LogP contribution is 2.36. The zero-order chi connectivity index (χ0) is 26.4. The summed E-state index contributed by atoms with van der Waals surface area (Å²) in [6.45, 7) is 5.52. The number of hydrogen-bond donors (Lipinski definition) is 0. The molecule has 0 aliphatic carbocycles. The maximum absolute atomic E-state index is 12.7. The first-order chi connectivity index (χ1) is 17.2. The number of nitrogens with zero attached hydrogens (tertiary/aromatic N) is 2. The average molecular weight is 511 g/mol. The number of benzene rings is 2. The van der Waals surface area contributed by atoms with Crippen molar-refractivity contribution in [2.24, 2.45) is 0 Å². The van der Waals surface area contributed by atoms with Gasteiger partial charge in [0, 0.05) is 13.3 Å². The smallest absolute Gasteiger partial charge is 0.341 e. The molecule has 1 aromatic heterocycles. The lowest BCUT2D eigenvalue weighted by Gasteiger charge is -2.18. The summed E-state index contributed by atoms with van der Waals surface area (Å²) in [6.07, 6.45) is 4.90. The molecule has 0 radical (unpaired) electrons. The Balaban J connectivity index is 2.21. The van der Waals surface area contributed by atoms with E-state index in [1.807, 2.05) is 38.1 Å². The van der Waals surface area contributed by atoms with E-state index in [0.29, 0.717) is 47.2 Å². The van der Waals surface area contributed by atoms with Crippen LogP contribution >= 0.6 is 11.8 Å². The Labute approximate surface area is 215 Å². The van der Waals surface area contributed by atoms with Gasteiger partial charge in [-0.05, 0) is 78.6 Å². The number of allylic oxidation sites excluding steroid dienone is 1. The van der Waals surface area contributed by atoms with Crippen LogP contribution in [0.25, 0.3) is 5.57 Å². The molecule has 0 N–H and O–H groups in total. The van der Waals surface area contributed by atoms with Gasteiger partial charge >= 0.3 is 5.97 Å². The van der Waals surface area contributed by atoms with E-state index in [2.05, 4.69) is 10.2 Å². The van der Waals surface area contributed by atoms with Crippen LogP contribution < -0.4 is 9.47 Å². The van der Waals surface area contributed by atoms with Crippen LogP contribution in [0.2, 0.25) is 0 Å². The van der Waals surface area contributed by atoms with Gasteiger partial charge in [0.25, 0.3) is 0 Å². The van der Waals surface area contributed by atoms with E-state index >= 15 is 0 Å². The zero-order valence-corrected chi connectivity index (χ0v) is 22.4. The van der Waals surface area contributed by atoms with E-state index in [0.717, 1.165) is 39.6 Å². The largest absolute Gasteiger partial charge is 0.496 e. The molecule has 36 heavy (non-hydrogen) atoms. The molecule has 0 aliphatic rings. The van der Waals surface area contributed by atoms with Crippen LogP contribution in [0.5, 0.6) is 11.5 Å². The summed E-state index contributed by atoms with van der Waals surface area (Å²) in [6, 6.07) is 7.49. The topological polar surface area (TPSA) is 101 Å². The number of aryl methyl sites for hydroxylation is 4. The standard InChI is InChI=1S/C27H30N2O6S/c1-15-11-18(13-21(24(15)32-4)26(30)34-6)20(9-8-10-23-29-28-17(3)35-23)19-12-16(2)25(33-5)22(14-19)27(31)36-7/h9,11-14H,8,10H2,1-7H3/b20-9-. The minimum Gasteiger partial charge on any atom is -0.496 e. The van der Waals surface area contributed by atoms with Gasteiger partial charge in [-0.15, -0.1) is 10.2 Å². The van der Waals surface area contributed by atoms with E-state index in [1.165, 1.54) is 14.2 Å². The number of methoxy groups -OCH3 is 3. The molecule has 0 fully saturated rings. The van der Waals surface area contributed by atoms with Gasteiger partial charge in [0.1, 0.15) is 17.1 Å². The molecule has 3 aromatic rings. The van der Waals surface area contributed by atoms with Gasteiger partial charge in [-0.2, -0.15) is 0 Å². The van der Waals surface area contributed by atoms with Gasteiger partial charge in [-0.25, -0.2) is 4.79 Å². The predicted molar refractivity (Wildman–Crippen MR) is 139 cm³/mol. The minimum absolute atomic E-state index is 0.0985. The van der Waals surface area contributed by atoms with Crippen molar-refractivity contribution in [3.05, 3.63) is 75.5 Å². The number of ether oxygens (including phenoxy) is 3. The molecule has 1 heterocycles. The van der Waals surface area contributed by atoms with Crippen molar-refractivity contribution in [2.75, 3.05) is 27.6 Å². The molecule has 3 rings (SSSR count). The number of carbonyl (C=O) groups excluding carboxylic acids is 2. The third-order valence-electron chi connectivity index (χ3n) is 5.66. The van der Waals surface area contributed by atoms with Gasteiger partial charge in [-0.3, -0.25) is 4.79 Å². The van der Waals surface area contributed by atoms with Crippen molar-refractivity contribution in [2.45, 2.75) is 33.6 Å². The molecule has 2 aromatic carbocycles. The number of aromatic nitrogens is 2. The summed E-state index contributed by atoms with van der Waals surface area (Å²) in [7, 11) is 4.41. The van der Waals surface area contributed by atoms with Crippen LogP contribution in [0.1, 0.15) is 61.2 Å². The Morgan fingerprint density at radius 2 is 1.50 bits per heavy atom. The maximum Gasteiger partial charge on any atom is 0.341 e. The van der Waals surface area contributed by atoms with Crippen molar-refractivity contribution in [1.82, 2.24) is 10.2 Å². The fourth-order valence-corrected chi connectivity index (χ4v) is 4.48. The summed E-state index contributed by atoms with van der Waals surface area (Å²) in [5.41, 5.74) is 4.83. The van der Waals surface area contributed by atoms with Crippen LogP contribution in [-0.4, -0.2) is 48.9 Å². The third-order valence-corrected chi connectivity index (χ3v) is 6.26. The Morgan fingerprint density at radius 1 is 0.917 bits per heavy atom. The van der Waals surface area contributed by atoms with Crippen molar-refractivity contribution in [3.8, 4) is 11.5 Å². The van der Waals surface area contributed by atoms with Gasteiger partial charge in [0.15, 0.2) is 0 Å². The lowest BCUT2D eigenvalue weighted by atomic mass is 9.91. The number of rotatable bonds is 9. The molecule has 0 atom stereocenters. The summed E-state index contributed by atoms with van der Waals surface area (Å²) >= 11 is 1.12. The summed E-state index contributed by atoms with van der Waals surface area (Å²) < 4.78 is 21.5. The zero-order valence-electron chi connectivity index (χ0n) is 21.6. The molecular weight excluding hydrogens is 480 g/mol. The number of hydrogen-bond acceptors (Lipinski definition) is 9. The highest BCUT2D eigenvalue weighted by molar-refractivity contribution is 8.13. The van der Waals surface area contributed by atoms with Crippen LogP contribution in [-0.2, 0) is 11.2 Å². The lowest BCUT2D eigenvalue weighted by molar-refractivity contribution is 0.0596. The predicted octanol–water partition coefficient (Wildman–Crippen LogP) is 5.37. The minimum atomic E-state index is -0.498. The van der Waals surface area contributed by atoms with Crippen molar-refractivity contribution in [1.29, 1.82) is 0 Å². The molecule has 0 aliphatic heterocycles. The average Bonchev–Trinajstić information content (AvgIpc) is 3.29. The van der Waals surface area contributed by atoms with Crippen molar-refractivity contribution in [3.63, 3.8) is 0 Å². The van der Waals surface area contributed by atoms with E-state index in [4.69, 9.17) is 18.6 Å². The van der Waals surface area contributed by atoms with Crippen LogP contribution in [0, 0.1) is 20.8 Å². The SMILES string of the molecule is COC(=O)c1cc(/C(=C/CCc2nnc(C)o2)c2cc(C)c(OC)c(C(=O)SC)c2)cc(C)c1OC. The van der Waals surface area contributed by atoms with Gasteiger partial charge < -0.3 is 18.6 Å². The van der Waals surface area contributed by atoms with Gasteiger partial charge in [0.05, 0.1) is 26.9 Å². The number of carbonyl (C=O) groups is 2. The Morgan fingerprint density at radius 3 is 2.00 bits per heavy atom. The van der Waals surface area contributed by atoms with Crippen LogP contribution in [0.4, 0.5) is 0 Å². The molecule has 8 nitrogen and oxygen atoms in total. The van der Waals surface area contributed by atoms with E-state index < -0.39 is 5.97 Å². The molecular formula is C27H30N2O6S. The molecule has 0 saturated carbocycles. The van der Waals surface area contributed by atoms with Crippen molar-refractivity contribution >= 4 is 28.4 Å². The highest BCUT2D eigenvalue weighted by atomic mass is 32.2. The van der Waals surface area contributed by atoms with Crippen LogP contribution in [0.3, 0.4) is 0 Å². The first-order valence-corrected chi connectivity index (χ1v) is 12.5. The van der Waals surface area contributed by atoms with Crippen LogP contribution in [0.15, 0.2) is 34.8 Å². The van der Waals surface area contributed by atoms with Gasteiger partial charge in [0.2, 0.25) is 16.9 Å². The second kappa shape index (κ2) is 11.9. The highest BCUT2D eigenvalue weighted by Gasteiger charge is 2.21. The maximum atomic E-state index is 12.7. The number of esters is 1. The fraction of sp³-hybridized carbons (Fsp3) is 0.333. The molecule has 0 bridgehead atoms. The van der Waals surface area contributed by atoms with E-state index in [1.54, 1.807) is 26.4 Å². The summed E-state index contributed by atoms with van der Waals surface area (Å²) in [5, 5.41) is 7.86. The first kappa shape index (κ1) is 27.0. The summed E-state index contributed by atoms with van der Waals surface area (Å²) in [5.74, 6) is 1.54. The molecule has 0 spiro atoms. The molecule has 0 amide bonds. The second-order valence-electron chi connectivity index (χ2n) is 8.10. The quantitative estimate of drug-likeness (QED) is 0.352. The fourth-order valence-electron chi connectivity index (χ4n) is 4.10. The third kappa shape index (κ3) is 5.79.